The van der Waals surface area contributed by atoms with Crippen LogP contribution in [-0.4, -0.2) is 16.1 Å². The van der Waals surface area contributed by atoms with Gasteiger partial charge in [-0.25, -0.2) is 13.8 Å². The molecule has 3 nitrogen and oxygen atoms in total. The second kappa shape index (κ2) is 9.50. The van der Waals surface area contributed by atoms with Crippen LogP contribution < -0.4 is 5.32 Å². The predicted octanol–water partition coefficient (Wildman–Crippen LogP) is 6.47. The van der Waals surface area contributed by atoms with Gasteiger partial charge in [0.25, 0.3) is 0 Å². The fraction of sp³-hybridized carbons (Fsp3) is 0.273. The molecule has 152 valence electrons. The molecule has 1 unspecified atom stereocenters. The summed E-state index contributed by atoms with van der Waals surface area (Å²) in [6.45, 7) is 6.02. The molecule has 0 radical (unpaired) electrons. The Morgan fingerprint density at radius 1 is 1.10 bits per heavy atom. The molecule has 0 aliphatic heterocycles. The van der Waals surface area contributed by atoms with Gasteiger partial charge in [0.15, 0.2) is 0 Å². The Hall–Kier alpha value is -2.25. The minimum Gasteiger partial charge on any atom is -0.320 e. The topological polar surface area (TPSA) is 42.0 Å². The number of rotatable bonds is 7. The van der Waals surface area contributed by atoms with Crippen LogP contribution in [-0.2, 0) is 10.5 Å². The number of nitrogens with one attached hydrogen (secondary N) is 1. The third-order valence-electron chi connectivity index (χ3n) is 4.44. The van der Waals surface area contributed by atoms with Crippen molar-refractivity contribution in [3.05, 3.63) is 70.7 Å². The second-order valence-corrected chi connectivity index (χ2v) is 9.15. The number of benzene rings is 2. The molecule has 0 bridgehead atoms. The van der Waals surface area contributed by atoms with E-state index in [2.05, 4.69) is 48.4 Å². The Morgan fingerprint density at radius 2 is 1.76 bits per heavy atom. The number of halogens is 2. The van der Waals surface area contributed by atoms with E-state index in [1.165, 1.54) is 23.4 Å². The largest absolute Gasteiger partial charge is 0.320 e. The molecule has 0 aliphatic rings. The average Bonchev–Trinajstić information content (AvgIpc) is 3.18. The van der Waals surface area contributed by atoms with Crippen molar-refractivity contribution in [2.45, 2.75) is 37.7 Å². The Balaban J connectivity index is 1.58. The first kappa shape index (κ1) is 21.5. The molecule has 29 heavy (non-hydrogen) atoms. The van der Waals surface area contributed by atoms with Gasteiger partial charge in [-0.3, -0.25) is 4.79 Å². The van der Waals surface area contributed by atoms with Crippen molar-refractivity contribution in [2.24, 2.45) is 0 Å². The fourth-order valence-corrected chi connectivity index (χ4v) is 4.35. The van der Waals surface area contributed by atoms with Crippen LogP contribution in [0.25, 0.3) is 10.6 Å². The molecular formula is C22H22F2N2OS2. The first-order valence-electron chi connectivity index (χ1n) is 9.26. The van der Waals surface area contributed by atoms with Crippen LogP contribution in [0.1, 0.15) is 37.9 Å². The van der Waals surface area contributed by atoms with E-state index in [1.807, 2.05) is 5.38 Å². The van der Waals surface area contributed by atoms with Gasteiger partial charge < -0.3 is 5.32 Å². The van der Waals surface area contributed by atoms with Crippen LogP contribution >= 0.6 is 23.1 Å². The maximum absolute atomic E-state index is 13.7. The molecule has 1 amide bonds. The summed E-state index contributed by atoms with van der Waals surface area (Å²) in [5.41, 5.74) is 2.81. The van der Waals surface area contributed by atoms with Crippen molar-refractivity contribution in [2.75, 3.05) is 5.32 Å². The first-order chi connectivity index (χ1) is 13.8. The number of hydrogen-bond donors (Lipinski definition) is 1. The minimum absolute atomic E-state index is 0.411. The number of carbonyl (C=O) groups is 1. The Bertz CT molecular complexity index is 966. The van der Waals surface area contributed by atoms with E-state index in [0.29, 0.717) is 11.7 Å². The van der Waals surface area contributed by atoms with Crippen LogP contribution in [0.3, 0.4) is 0 Å². The van der Waals surface area contributed by atoms with E-state index in [-0.39, 0.29) is 0 Å². The monoisotopic (exact) mass is 432 g/mol. The summed E-state index contributed by atoms with van der Waals surface area (Å²) >= 11 is 2.93. The highest BCUT2D eigenvalue weighted by molar-refractivity contribution is 7.99. The molecular weight excluding hydrogens is 410 g/mol. The lowest BCUT2D eigenvalue weighted by Gasteiger charge is -2.12. The molecule has 3 rings (SSSR count). The lowest BCUT2D eigenvalue weighted by atomic mass is 10.0. The van der Waals surface area contributed by atoms with Gasteiger partial charge in [0.05, 0.1) is 10.9 Å². The van der Waals surface area contributed by atoms with Gasteiger partial charge in [-0.1, -0.05) is 44.2 Å². The number of nitrogens with zero attached hydrogens (tertiary/aromatic N) is 1. The van der Waals surface area contributed by atoms with Gasteiger partial charge in [0.1, 0.15) is 22.3 Å². The molecule has 1 aromatic heterocycles. The minimum atomic E-state index is -0.789. The number of anilines is 1. The number of thiazole rings is 1. The van der Waals surface area contributed by atoms with Crippen LogP contribution in [0.2, 0.25) is 0 Å². The SMILES string of the molecule is CC(SCc1csc(-c2ccc(C(C)C)cc2)n1)C(=O)Nc1c(F)cccc1F. The van der Waals surface area contributed by atoms with Gasteiger partial charge in [0.2, 0.25) is 5.91 Å². The van der Waals surface area contributed by atoms with Gasteiger partial charge in [0, 0.05) is 16.7 Å². The quantitative estimate of drug-likeness (QED) is 0.465. The number of para-hydroxylation sites is 1. The van der Waals surface area contributed by atoms with Crippen LogP contribution in [0.4, 0.5) is 14.5 Å². The number of hydrogen-bond acceptors (Lipinski definition) is 4. The smallest absolute Gasteiger partial charge is 0.237 e. The highest BCUT2D eigenvalue weighted by atomic mass is 32.2. The Labute approximate surface area is 177 Å². The summed E-state index contributed by atoms with van der Waals surface area (Å²) in [6.07, 6.45) is 0. The molecule has 0 saturated heterocycles. The van der Waals surface area contributed by atoms with E-state index >= 15 is 0 Å². The van der Waals surface area contributed by atoms with Crippen molar-refractivity contribution >= 4 is 34.7 Å². The van der Waals surface area contributed by atoms with Crippen molar-refractivity contribution in [1.29, 1.82) is 0 Å². The molecule has 1 N–H and O–H groups in total. The maximum atomic E-state index is 13.7. The third kappa shape index (κ3) is 5.42. The summed E-state index contributed by atoms with van der Waals surface area (Å²) < 4.78 is 27.4. The van der Waals surface area contributed by atoms with E-state index in [0.717, 1.165) is 28.4 Å². The molecule has 3 aromatic rings. The number of amides is 1. The van der Waals surface area contributed by atoms with Crippen molar-refractivity contribution in [1.82, 2.24) is 4.98 Å². The summed E-state index contributed by atoms with van der Waals surface area (Å²) in [5, 5.41) is 4.75. The van der Waals surface area contributed by atoms with E-state index < -0.39 is 28.5 Å². The lowest BCUT2D eigenvalue weighted by molar-refractivity contribution is -0.115. The van der Waals surface area contributed by atoms with Gasteiger partial charge >= 0.3 is 0 Å². The molecule has 1 heterocycles. The van der Waals surface area contributed by atoms with Crippen LogP contribution in [0.5, 0.6) is 0 Å². The van der Waals surface area contributed by atoms with Crippen molar-refractivity contribution in [3.63, 3.8) is 0 Å². The molecule has 0 fully saturated rings. The highest BCUT2D eigenvalue weighted by Gasteiger charge is 2.18. The fourth-order valence-electron chi connectivity index (χ4n) is 2.64. The van der Waals surface area contributed by atoms with E-state index in [1.54, 1.807) is 18.3 Å². The van der Waals surface area contributed by atoms with Crippen molar-refractivity contribution < 1.29 is 13.6 Å². The summed E-state index contributed by atoms with van der Waals surface area (Å²) in [5.74, 6) is -1.00. The van der Waals surface area contributed by atoms with E-state index in [9.17, 15) is 13.6 Å². The Kier molecular flexibility index (Phi) is 7.03. The molecule has 2 aromatic carbocycles. The number of carbonyl (C=O) groups excluding carboxylic acids is 1. The zero-order chi connectivity index (χ0) is 21.0. The summed E-state index contributed by atoms with van der Waals surface area (Å²) in [6, 6.07) is 11.9. The third-order valence-corrected chi connectivity index (χ3v) is 6.55. The zero-order valence-corrected chi connectivity index (χ0v) is 18.0. The zero-order valence-electron chi connectivity index (χ0n) is 16.4. The standard InChI is InChI=1S/C22H22F2N2OS2/c1-13(2)15-7-9-16(10-8-15)22-25-17(12-29-22)11-28-14(3)21(27)26-20-18(23)5-4-6-19(20)24/h4-10,12-14H,11H2,1-3H3,(H,26,27). The average molecular weight is 433 g/mol. The molecule has 1 atom stereocenters. The molecule has 0 aliphatic carbocycles. The second-order valence-electron chi connectivity index (χ2n) is 6.96. The highest BCUT2D eigenvalue weighted by Crippen LogP contribution is 2.28. The maximum Gasteiger partial charge on any atom is 0.237 e. The van der Waals surface area contributed by atoms with Gasteiger partial charge in [-0.05, 0) is 30.5 Å². The molecule has 0 spiro atoms. The lowest BCUT2D eigenvalue weighted by Crippen LogP contribution is -2.23. The van der Waals surface area contributed by atoms with Crippen LogP contribution in [0.15, 0.2) is 47.8 Å². The predicted molar refractivity (Wildman–Crippen MR) is 117 cm³/mol. The summed E-state index contributed by atoms with van der Waals surface area (Å²) in [7, 11) is 0. The normalized spacial score (nSPS) is 12.2. The van der Waals surface area contributed by atoms with Gasteiger partial charge in [-0.2, -0.15) is 0 Å². The van der Waals surface area contributed by atoms with Crippen LogP contribution in [0, 0.1) is 11.6 Å². The van der Waals surface area contributed by atoms with Gasteiger partial charge in [-0.15, -0.1) is 23.1 Å². The summed E-state index contributed by atoms with van der Waals surface area (Å²) in [4.78, 5) is 16.9. The molecule has 0 saturated carbocycles. The Morgan fingerprint density at radius 3 is 2.38 bits per heavy atom. The number of aromatic nitrogens is 1. The van der Waals surface area contributed by atoms with Crippen molar-refractivity contribution in [3.8, 4) is 10.6 Å². The first-order valence-corrected chi connectivity index (χ1v) is 11.2. The number of thioether (sulfide) groups is 1. The molecule has 7 heteroatoms. The van der Waals surface area contributed by atoms with E-state index in [4.69, 9.17) is 0 Å².